The summed E-state index contributed by atoms with van der Waals surface area (Å²) >= 11 is 0. The highest BCUT2D eigenvalue weighted by atomic mass is 16.2. The summed E-state index contributed by atoms with van der Waals surface area (Å²) in [6, 6.07) is 7.33. The number of nitrogens with one attached hydrogen (secondary N) is 1. The second-order valence-corrected chi connectivity index (χ2v) is 3.75. The largest absolute Gasteiger partial charge is 0.346 e. The summed E-state index contributed by atoms with van der Waals surface area (Å²) in [7, 11) is 0. The monoisotopic (exact) mass is 230 g/mol. The molecule has 0 bridgehead atoms. The van der Waals surface area contributed by atoms with E-state index in [1.807, 2.05) is 25.1 Å². The molecule has 0 fully saturated rings. The Bertz CT molecular complexity index is 467. The highest BCUT2D eigenvalue weighted by Crippen LogP contribution is 2.07. The van der Waals surface area contributed by atoms with Gasteiger partial charge < -0.3 is 5.32 Å². The van der Waals surface area contributed by atoms with Crippen LogP contribution in [0.4, 0.5) is 0 Å². The van der Waals surface area contributed by atoms with Crippen LogP contribution in [0.1, 0.15) is 18.7 Å². The fourth-order valence-electron chi connectivity index (χ4n) is 1.53. The molecule has 88 valence electrons. The van der Waals surface area contributed by atoms with Crippen LogP contribution in [0.3, 0.4) is 0 Å². The molecule has 0 aliphatic rings. The van der Waals surface area contributed by atoms with E-state index in [2.05, 4.69) is 15.4 Å². The molecule has 0 radical (unpaired) electrons. The standard InChI is InChI=1S/C12H14N4O/c1-10(11-5-2-3-6-13-11)15-12(17)9-16-8-4-7-14-16/h2-8,10H,9H2,1H3,(H,15,17)/t10-/m1/s1. The van der Waals surface area contributed by atoms with Gasteiger partial charge in [0.1, 0.15) is 6.54 Å². The van der Waals surface area contributed by atoms with Crippen molar-refractivity contribution in [3.05, 3.63) is 48.5 Å². The lowest BCUT2D eigenvalue weighted by atomic mass is 10.2. The minimum absolute atomic E-state index is 0.0770. The zero-order valence-corrected chi connectivity index (χ0v) is 9.58. The van der Waals surface area contributed by atoms with Crippen LogP contribution in [0, 0.1) is 0 Å². The first-order chi connectivity index (χ1) is 8.25. The van der Waals surface area contributed by atoms with Crippen molar-refractivity contribution >= 4 is 5.91 Å². The number of carbonyl (C=O) groups is 1. The predicted molar refractivity (Wildman–Crippen MR) is 63.0 cm³/mol. The van der Waals surface area contributed by atoms with E-state index in [0.29, 0.717) is 0 Å². The number of nitrogens with zero attached hydrogens (tertiary/aromatic N) is 3. The Morgan fingerprint density at radius 2 is 2.29 bits per heavy atom. The highest BCUT2D eigenvalue weighted by Gasteiger charge is 2.10. The molecule has 2 aromatic heterocycles. The third-order valence-electron chi connectivity index (χ3n) is 2.37. The van der Waals surface area contributed by atoms with Crippen molar-refractivity contribution in [2.45, 2.75) is 19.5 Å². The fraction of sp³-hybridized carbons (Fsp3) is 0.250. The maximum Gasteiger partial charge on any atom is 0.242 e. The van der Waals surface area contributed by atoms with Crippen LogP contribution in [-0.4, -0.2) is 20.7 Å². The van der Waals surface area contributed by atoms with E-state index in [-0.39, 0.29) is 18.5 Å². The van der Waals surface area contributed by atoms with Crippen molar-refractivity contribution in [3.63, 3.8) is 0 Å². The highest BCUT2D eigenvalue weighted by molar-refractivity contribution is 5.76. The Balaban J connectivity index is 1.91. The van der Waals surface area contributed by atoms with E-state index in [9.17, 15) is 4.79 Å². The summed E-state index contributed by atoms with van der Waals surface area (Å²) in [5.74, 6) is -0.0770. The molecule has 17 heavy (non-hydrogen) atoms. The first-order valence-corrected chi connectivity index (χ1v) is 5.43. The molecular weight excluding hydrogens is 216 g/mol. The summed E-state index contributed by atoms with van der Waals surface area (Å²) in [6.07, 6.45) is 5.12. The van der Waals surface area contributed by atoms with Crippen LogP contribution in [0.15, 0.2) is 42.9 Å². The Morgan fingerprint density at radius 3 is 2.94 bits per heavy atom. The molecule has 1 amide bonds. The predicted octanol–water partition coefficient (Wildman–Crippen LogP) is 1.16. The molecule has 5 nitrogen and oxygen atoms in total. The van der Waals surface area contributed by atoms with Crippen molar-refractivity contribution in [3.8, 4) is 0 Å². The van der Waals surface area contributed by atoms with E-state index in [1.165, 1.54) is 0 Å². The van der Waals surface area contributed by atoms with Crippen LogP contribution in [0.5, 0.6) is 0 Å². The Morgan fingerprint density at radius 1 is 1.41 bits per heavy atom. The molecular formula is C12H14N4O. The van der Waals surface area contributed by atoms with Gasteiger partial charge in [0, 0.05) is 18.6 Å². The maximum atomic E-state index is 11.7. The summed E-state index contributed by atoms with van der Waals surface area (Å²) in [5.41, 5.74) is 0.848. The Labute approximate surface area is 99.5 Å². The smallest absolute Gasteiger partial charge is 0.242 e. The van der Waals surface area contributed by atoms with Gasteiger partial charge in [-0.05, 0) is 25.1 Å². The lowest BCUT2D eigenvalue weighted by molar-refractivity contribution is -0.122. The van der Waals surface area contributed by atoms with Gasteiger partial charge in [-0.3, -0.25) is 14.5 Å². The number of carbonyl (C=O) groups excluding carboxylic acids is 1. The lowest BCUT2D eigenvalue weighted by Gasteiger charge is -2.13. The van der Waals surface area contributed by atoms with Gasteiger partial charge in [-0.15, -0.1) is 0 Å². The minimum Gasteiger partial charge on any atom is -0.346 e. The molecule has 2 rings (SSSR count). The SMILES string of the molecule is C[C@@H](NC(=O)Cn1cccn1)c1ccccn1. The molecule has 1 atom stereocenters. The van der Waals surface area contributed by atoms with Gasteiger partial charge in [-0.1, -0.05) is 6.07 Å². The van der Waals surface area contributed by atoms with Crippen LogP contribution in [-0.2, 0) is 11.3 Å². The van der Waals surface area contributed by atoms with Gasteiger partial charge in [-0.2, -0.15) is 5.10 Å². The van der Waals surface area contributed by atoms with E-state index >= 15 is 0 Å². The number of hydrogen-bond acceptors (Lipinski definition) is 3. The maximum absolute atomic E-state index is 11.7. The summed E-state index contributed by atoms with van der Waals surface area (Å²) < 4.78 is 1.58. The average molecular weight is 230 g/mol. The molecule has 0 aliphatic heterocycles. The van der Waals surface area contributed by atoms with Crippen molar-refractivity contribution in [2.24, 2.45) is 0 Å². The van der Waals surface area contributed by atoms with Crippen LogP contribution in [0.25, 0.3) is 0 Å². The second kappa shape index (κ2) is 5.25. The molecule has 2 aromatic rings. The molecule has 0 aromatic carbocycles. The summed E-state index contributed by atoms with van der Waals surface area (Å²) in [6.45, 7) is 2.13. The Kier molecular flexibility index (Phi) is 3.49. The van der Waals surface area contributed by atoms with Crippen molar-refractivity contribution < 1.29 is 4.79 Å². The van der Waals surface area contributed by atoms with Gasteiger partial charge in [0.25, 0.3) is 0 Å². The lowest BCUT2D eigenvalue weighted by Crippen LogP contribution is -2.30. The molecule has 0 spiro atoms. The first-order valence-electron chi connectivity index (χ1n) is 5.43. The third-order valence-corrected chi connectivity index (χ3v) is 2.37. The van der Waals surface area contributed by atoms with E-state index < -0.39 is 0 Å². The molecule has 1 N–H and O–H groups in total. The number of rotatable bonds is 4. The van der Waals surface area contributed by atoms with E-state index in [0.717, 1.165) is 5.69 Å². The van der Waals surface area contributed by atoms with Crippen LogP contribution >= 0.6 is 0 Å². The number of pyridine rings is 1. The Hall–Kier alpha value is -2.17. The van der Waals surface area contributed by atoms with Crippen molar-refractivity contribution in [2.75, 3.05) is 0 Å². The third kappa shape index (κ3) is 3.14. The average Bonchev–Trinajstić information content (AvgIpc) is 2.82. The zero-order valence-electron chi connectivity index (χ0n) is 9.58. The number of amides is 1. The topological polar surface area (TPSA) is 59.8 Å². The molecule has 0 saturated heterocycles. The summed E-state index contributed by atoms with van der Waals surface area (Å²) in [4.78, 5) is 15.9. The molecule has 5 heteroatoms. The minimum atomic E-state index is -0.0979. The molecule has 0 unspecified atom stereocenters. The fourth-order valence-corrected chi connectivity index (χ4v) is 1.53. The van der Waals surface area contributed by atoms with Gasteiger partial charge in [-0.25, -0.2) is 0 Å². The second-order valence-electron chi connectivity index (χ2n) is 3.75. The van der Waals surface area contributed by atoms with E-state index in [1.54, 1.807) is 29.3 Å². The van der Waals surface area contributed by atoms with Crippen LogP contribution in [0.2, 0.25) is 0 Å². The van der Waals surface area contributed by atoms with Crippen molar-refractivity contribution in [1.29, 1.82) is 0 Å². The van der Waals surface area contributed by atoms with Gasteiger partial charge in [0.05, 0.1) is 11.7 Å². The first kappa shape index (κ1) is 11.3. The van der Waals surface area contributed by atoms with Gasteiger partial charge >= 0.3 is 0 Å². The van der Waals surface area contributed by atoms with Crippen LogP contribution < -0.4 is 5.32 Å². The zero-order chi connectivity index (χ0) is 12.1. The normalized spacial score (nSPS) is 12.1. The van der Waals surface area contributed by atoms with Gasteiger partial charge in [0.15, 0.2) is 0 Å². The molecule has 0 aliphatic carbocycles. The van der Waals surface area contributed by atoms with Crippen molar-refractivity contribution in [1.82, 2.24) is 20.1 Å². The quantitative estimate of drug-likeness (QED) is 0.857. The number of aromatic nitrogens is 3. The van der Waals surface area contributed by atoms with E-state index in [4.69, 9.17) is 0 Å². The molecule has 2 heterocycles. The van der Waals surface area contributed by atoms with Gasteiger partial charge in [0.2, 0.25) is 5.91 Å². The summed E-state index contributed by atoms with van der Waals surface area (Å²) in [5, 5.41) is 6.85. The molecule has 0 saturated carbocycles. The number of hydrogen-bond donors (Lipinski definition) is 1.